The normalized spacial score (nSPS) is 14.6. The second-order valence-electron chi connectivity index (χ2n) is 8.37. The highest BCUT2D eigenvalue weighted by Gasteiger charge is 2.18. The van der Waals surface area contributed by atoms with E-state index in [-0.39, 0.29) is 16.8 Å². The maximum absolute atomic E-state index is 14.9. The van der Waals surface area contributed by atoms with Crippen molar-refractivity contribution in [3.05, 3.63) is 77.6 Å². The number of halogens is 3. The minimum atomic E-state index is -1.04. The van der Waals surface area contributed by atoms with Crippen molar-refractivity contribution in [2.24, 2.45) is 0 Å². The van der Waals surface area contributed by atoms with Crippen molar-refractivity contribution in [3.8, 4) is 22.3 Å². The summed E-state index contributed by atoms with van der Waals surface area (Å²) < 4.78 is 43.9. The lowest BCUT2D eigenvalue weighted by molar-refractivity contribution is 0.443. The topological polar surface area (TPSA) is 12.0 Å². The Hall–Kier alpha value is -2.75. The van der Waals surface area contributed by atoms with Crippen LogP contribution in [0.25, 0.3) is 22.3 Å². The zero-order chi connectivity index (χ0) is 21.8. The Bertz CT molecular complexity index is 1040. The molecule has 0 amide bonds. The molecule has 0 saturated heterocycles. The van der Waals surface area contributed by atoms with Crippen LogP contribution in [0, 0.1) is 17.5 Å². The fourth-order valence-electron chi connectivity index (χ4n) is 4.45. The molecule has 162 valence electrons. The first-order valence-electron chi connectivity index (χ1n) is 11.2. The number of anilines is 1. The van der Waals surface area contributed by atoms with E-state index in [0.717, 1.165) is 17.5 Å². The van der Waals surface area contributed by atoms with E-state index in [4.69, 9.17) is 0 Å². The van der Waals surface area contributed by atoms with Gasteiger partial charge in [0, 0.05) is 17.7 Å². The van der Waals surface area contributed by atoms with Crippen LogP contribution in [0.3, 0.4) is 0 Å². The Morgan fingerprint density at radius 3 is 2.13 bits per heavy atom. The molecule has 4 rings (SSSR count). The van der Waals surface area contributed by atoms with Crippen LogP contribution >= 0.6 is 0 Å². The summed E-state index contributed by atoms with van der Waals surface area (Å²) in [5, 5.41) is 2.85. The zero-order valence-electron chi connectivity index (χ0n) is 17.9. The van der Waals surface area contributed by atoms with E-state index in [0.29, 0.717) is 12.5 Å². The molecule has 0 aliphatic heterocycles. The molecular weight excluding hydrogens is 395 g/mol. The Kier molecular flexibility index (Phi) is 6.64. The average molecular weight is 424 g/mol. The number of hydrogen-bond donors (Lipinski definition) is 1. The standard InChI is InChI=1S/C27H28F3N/c1-2-16-31-25-15-14-23(26(29)27(25)30)22-13-12-21(17-24(22)28)20-10-8-19(9-11-20)18-6-4-3-5-7-18/h8-15,17-18,31H,2-7,16H2,1H3. The molecule has 0 atom stereocenters. The molecule has 1 saturated carbocycles. The summed E-state index contributed by atoms with van der Waals surface area (Å²) in [5.41, 5.74) is 3.06. The van der Waals surface area contributed by atoms with Gasteiger partial charge in [-0.3, -0.25) is 0 Å². The molecule has 1 nitrogen and oxygen atoms in total. The highest BCUT2D eigenvalue weighted by atomic mass is 19.2. The van der Waals surface area contributed by atoms with Crippen molar-refractivity contribution in [2.75, 3.05) is 11.9 Å². The van der Waals surface area contributed by atoms with Gasteiger partial charge in [0.2, 0.25) is 0 Å². The van der Waals surface area contributed by atoms with Crippen molar-refractivity contribution < 1.29 is 13.2 Å². The summed E-state index contributed by atoms with van der Waals surface area (Å²) in [6.45, 7) is 2.48. The zero-order valence-corrected chi connectivity index (χ0v) is 17.9. The van der Waals surface area contributed by atoms with Gasteiger partial charge in [0.15, 0.2) is 11.6 Å². The first kappa shape index (κ1) is 21.5. The highest BCUT2D eigenvalue weighted by Crippen LogP contribution is 2.35. The molecule has 4 heteroatoms. The van der Waals surface area contributed by atoms with Gasteiger partial charge in [0.05, 0.1) is 5.69 Å². The first-order valence-corrected chi connectivity index (χ1v) is 11.2. The SMILES string of the molecule is CCCNc1ccc(-c2ccc(-c3ccc(C4CCCCC4)cc3)cc2F)c(F)c1F. The maximum atomic E-state index is 14.9. The van der Waals surface area contributed by atoms with Crippen LogP contribution in [0.15, 0.2) is 54.6 Å². The summed E-state index contributed by atoms with van der Waals surface area (Å²) >= 11 is 0. The second-order valence-corrected chi connectivity index (χ2v) is 8.37. The van der Waals surface area contributed by atoms with E-state index in [1.807, 2.05) is 19.1 Å². The third kappa shape index (κ3) is 4.63. The van der Waals surface area contributed by atoms with Crippen LogP contribution in [0.2, 0.25) is 0 Å². The lowest BCUT2D eigenvalue weighted by atomic mass is 9.83. The summed E-state index contributed by atoms with van der Waals surface area (Å²) in [6.07, 6.45) is 7.15. The summed E-state index contributed by atoms with van der Waals surface area (Å²) in [6, 6.07) is 15.9. The van der Waals surface area contributed by atoms with Crippen molar-refractivity contribution in [3.63, 3.8) is 0 Å². The number of rotatable bonds is 6. The third-order valence-corrected chi connectivity index (χ3v) is 6.23. The average Bonchev–Trinajstić information content (AvgIpc) is 2.81. The summed E-state index contributed by atoms with van der Waals surface area (Å²) in [4.78, 5) is 0. The lowest BCUT2D eigenvalue weighted by Crippen LogP contribution is -2.04. The van der Waals surface area contributed by atoms with Crippen molar-refractivity contribution in [1.82, 2.24) is 0 Å². The van der Waals surface area contributed by atoms with E-state index in [2.05, 4.69) is 17.4 Å². The molecule has 1 N–H and O–H groups in total. The number of hydrogen-bond acceptors (Lipinski definition) is 1. The minimum Gasteiger partial charge on any atom is -0.383 e. The molecule has 0 spiro atoms. The van der Waals surface area contributed by atoms with E-state index in [9.17, 15) is 13.2 Å². The fraction of sp³-hybridized carbons (Fsp3) is 0.333. The first-order chi connectivity index (χ1) is 15.1. The monoisotopic (exact) mass is 423 g/mol. The van der Waals surface area contributed by atoms with Crippen LogP contribution in [0.4, 0.5) is 18.9 Å². The van der Waals surface area contributed by atoms with Gasteiger partial charge < -0.3 is 5.32 Å². The molecule has 3 aromatic carbocycles. The van der Waals surface area contributed by atoms with Crippen molar-refractivity contribution in [2.45, 2.75) is 51.4 Å². The Morgan fingerprint density at radius 1 is 0.774 bits per heavy atom. The van der Waals surface area contributed by atoms with Gasteiger partial charge in [-0.1, -0.05) is 62.6 Å². The molecule has 1 aliphatic carbocycles. The molecule has 0 radical (unpaired) electrons. The van der Waals surface area contributed by atoms with Gasteiger partial charge in [-0.25, -0.2) is 13.2 Å². The van der Waals surface area contributed by atoms with Gasteiger partial charge in [-0.2, -0.15) is 0 Å². The molecule has 1 fully saturated rings. The van der Waals surface area contributed by atoms with Gasteiger partial charge >= 0.3 is 0 Å². The Balaban J connectivity index is 1.58. The molecule has 1 aliphatic rings. The van der Waals surface area contributed by atoms with Gasteiger partial charge in [-0.05, 0) is 60.1 Å². The summed E-state index contributed by atoms with van der Waals surface area (Å²) in [5.74, 6) is -1.96. The van der Waals surface area contributed by atoms with Crippen LogP contribution in [0.5, 0.6) is 0 Å². The number of nitrogens with one attached hydrogen (secondary N) is 1. The van der Waals surface area contributed by atoms with E-state index >= 15 is 0 Å². The quantitative estimate of drug-likeness (QED) is 0.420. The minimum absolute atomic E-state index is 0.0565. The van der Waals surface area contributed by atoms with Crippen LogP contribution in [0.1, 0.15) is 56.9 Å². The van der Waals surface area contributed by atoms with Gasteiger partial charge in [0.25, 0.3) is 0 Å². The van der Waals surface area contributed by atoms with Gasteiger partial charge in [-0.15, -0.1) is 0 Å². The Morgan fingerprint density at radius 2 is 1.45 bits per heavy atom. The van der Waals surface area contributed by atoms with E-state index in [1.54, 1.807) is 6.07 Å². The van der Waals surface area contributed by atoms with Crippen LogP contribution in [-0.4, -0.2) is 6.54 Å². The van der Waals surface area contributed by atoms with E-state index in [1.165, 1.54) is 61.9 Å². The van der Waals surface area contributed by atoms with Crippen molar-refractivity contribution in [1.29, 1.82) is 0 Å². The molecule has 31 heavy (non-hydrogen) atoms. The molecule has 3 aromatic rings. The third-order valence-electron chi connectivity index (χ3n) is 6.23. The largest absolute Gasteiger partial charge is 0.383 e. The second kappa shape index (κ2) is 9.59. The molecule has 0 bridgehead atoms. The van der Waals surface area contributed by atoms with Crippen LogP contribution in [-0.2, 0) is 0 Å². The predicted molar refractivity (Wildman–Crippen MR) is 122 cm³/mol. The molecule has 0 unspecified atom stereocenters. The molecular formula is C27H28F3N. The number of benzene rings is 3. The van der Waals surface area contributed by atoms with Crippen molar-refractivity contribution >= 4 is 5.69 Å². The smallest absolute Gasteiger partial charge is 0.182 e. The fourth-order valence-corrected chi connectivity index (χ4v) is 4.45. The predicted octanol–water partition coefficient (Wildman–Crippen LogP) is 8.31. The van der Waals surface area contributed by atoms with E-state index < -0.39 is 17.5 Å². The highest BCUT2D eigenvalue weighted by molar-refractivity contribution is 5.73. The van der Waals surface area contributed by atoms with Crippen LogP contribution < -0.4 is 5.32 Å². The van der Waals surface area contributed by atoms with Gasteiger partial charge in [0.1, 0.15) is 5.82 Å². The maximum Gasteiger partial charge on any atom is 0.182 e. The summed E-state index contributed by atoms with van der Waals surface area (Å²) in [7, 11) is 0. The molecule has 0 heterocycles. The Labute approximate surface area is 182 Å². The lowest BCUT2D eigenvalue weighted by Gasteiger charge is -2.22. The molecule has 0 aromatic heterocycles.